The lowest BCUT2D eigenvalue weighted by atomic mass is 9.88. The molecule has 0 aliphatic carbocycles. The molecule has 0 aromatic rings. The van der Waals surface area contributed by atoms with Gasteiger partial charge in [0.25, 0.3) is 0 Å². The van der Waals surface area contributed by atoms with E-state index >= 15 is 0 Å². The summed E-state index contributed by atoms with van der Waals surface area (Å²) in [4.78, 5) is 1.59. The molecule has 1 heteroatoms. The van der Waals surface area contributed by atoms with Crippen LogP contribution in [0.25, 0.3) is 0 Å². The molecule has 0 N–H and O–H groups in total. The second-order valence-corrected chi connectivity index (χ2v) is 6.45. The van der Waals surface area contributed by atoms with Crippen LogP contribution in [0.2, 0.25) is 0 Å². The van der Waals surface area contributed by atoms with E-state index in [1.54, 1.807) is 10.5 Å². The smallest absolute Gasteiger partial charge is 0.0364 e. The Labute approximate surface area is 74.5 Å². The lowest BCUT2D eigenvalue weighted by Gasteiger charge is -2.44. The van der Waals surface area contributed by atoms with Crippen LogP contribution in [0.1, 0.15) is 41.5 Å². The molecule has 1 aliphatic heterocycles. The first kappa shape index (κ1) is 9.18. The highest BCUT2D eigenvalue weighted by atomic mass is 32.2. The van der Waals surface area contributed by atoms with Gasteiger partial charge in [-0.1, -0.05) is 20.8 Å². The van der Waals surface area contributed by atoms with Gasteiger partial charge in [0.15, 0.2) is 0 Å². The third-order valence-corrected chi connectivity index (χ3v) is 4.22. The van der Waals surface area contributed by atoms with E-state index in [1.165, 1.54) is 0 Å². The van der Waals surface area contributed by atoms with Crippen LogP contribution in [0, 0.1) is 5.41 Å². The van der Waals surface area contributed by atoms with Crippen LogP contribution in [0.4, 0.5) is 0 Å². The summed E-state index contributed by atoms with van der Waals surface area (Å²) in [5.74, 6) is 0. The maximum absolute atomic E-state index is 2.29. The average molecular weight is 170 g/mol. The fraction of sp³-hybridized carbons (Fsp3) is 0.800. The highest BCUT2D eigenvalue weighted by Gasteiger charge is 2.39. The van der Waals surface area contributed by atoms with E-state index in [9.17, 15) is 0 Å². The number of hydrogen-bond donors (Lipinski definition) is 0. The summed E-state index contributed by atoms with van der Waals surface area (Å²) < 4.78 is 0.405. The zero-order valence-electron chi connectivity index (χ0n) is 8.41. The molecule has 0 unspecified atom stereocenters. The Bertz CT molecular complexity index is 203. The SMILES string of the molecule is CC1=C(C(C)(C)C)SC1(C)C. The first-order chi connectivity index (χ1) is 4.75. The van der Waals surface area contributed by atoms with Gasteiger partial charge in [0.05, 0.1) is 0 Å². The monoisotopic (exact) mass is 170 g/mol. The molecule has 0 nitrogen and oxygen atoms in total. The van der Waals surface area contributed by atoms with E-state index in [-0.39, 0.29) is 0 Å². The zero-order valence-corrected chi connectivity index (χ0v) is 9.22. The third kappa shape index (κ3) is 1.48. The third-order valence-electron chi connectivity index (χ3n) is 2.28. The van der Waals surface area contributed by atoms with Gasteiger partial charge in [-0.05, 0) is 36.7 Å². The second-order valence-electron chi connectivity index (χ2n) is 4.82. The van der Waals surface area contributed by atoms with Crippen LogP contribution in [0.15, 0.2) is 10.5 Å². The van der Waals surface area contributed by atoms with Gasteiger partial charge in [-0.3, -0.25) is 0 Å². The fourth-order valence-corrected chi connectivity index (χ4v) is 2.68. The molecule has 1 heterocycles. The standard InChI is InChI=1S/C10H18S/c1-7-8(9(2,3)4)11-10(7,5)6/h1-6H3. The van der Waals surface area contributed by atoms with Crippen molar-refractivity contribution in [2.24, 2.45) is 5.41 Å². The van der Waals surface area contributed by atoms with Crippen molar-refractivity contribution in [3.05, 3.63) is 10.5 Å². The molecule has 0 saturated heterocycles. The predicted octanol–water partition coefficient (Wildman–Crippen LogP) is 3.83. The van der Waals surface area contributed by atoms with Gasteiger partial charge < -0.3 is 0 Å². The number of hydrogen-bond acceptors (Lipinski definition) is 1. The van der Waals surface area contributed by atoms with Crippen LogP contribution >= 0.6 is 11.8 Å². The molecule has 64 valence electrons. The average Bonchev–Trinajstić information content (AvgIpc) is 1.80. The largest absolute Gasteiger partial charge is 0.119 e. The molecular formula is C10H18S. The number of allylic oxidation sites excluding steroid dienone is 1. The minimum atomic E-state index is 0.365. The minimum Gasteiger partial charge on any atom is -0.119 e. The van der Waals surface area contributed by atoms with E-state index < -0.39 is 0 Å². The summed E-state index contributed by atoms with van der Waals surface area (Å²) in [6.45, 7) is 13.7. The van der Waals surface area contributed by atoms with Gasteiger partial charge in [-0.25, -0.2) is 0 Å². The lowest BCUT2D eigenvalue weighted by Crippen LogP contribution is -2.31. The summed E-state index contributed by atoms with van der Waals surface area (Å²) in [6, 6.07) is 0. The second kappa shape index (κ2) is 2.29. The van der Waals surface area contributed by atoms with Crippen molar-refractivity contribution >= 4 is 11.8 Å². The molecule has 0 fully saturated rings. The molecule has 0 bridgehead atoms. The van der Waals surface area contributed by atoms with Gasteiger partial charge in [-0.15, -0.1) is 11.8 Å². The summed E-state index contributed by atoms with van der Waals surface area (Å²) in [5, 5.41) is 0. The highest BCUT2D eigenvalue weighted by Crippen LogP contribution is 2.56. The van der Waals surface area contributed by atoms with Gasteiger partial charge in [-0.2, -0.15) is 0 Å². The van der Waals surface area contributed by atoms with Crippen molar-refractivity contribution in [1.29, 1.82) is 0 Å². The van der Waals surface area contributed by atoms with Crippen LogP contribution < -0.4 is 0 Å². The Morgan fingerprint density at radius 1 is 1.18 bits per heavy atom. The topological polar surface area (TPSA) is 0 Å². The maximum atomic E-state index is 2.29. The molecule has 11 heavy (non-hydrogen) atoms. The molecule has 0 aromatic heterocycles. The van der Waals surface area contributed by atoms with Crippen LogP contribution in [-0.2, 0) is 0 Å². The molecule has 0 amide bonds. The quantitative estimate of drug-likeness (QED) is 0.532. The summed E-state index contributed by atoms with van der Waals surface area (Å²) in [6.07, 6.45) is 0. The van der Waals surface area contributed by atoms with E-state index in [4.69, 9.17) is 0 Å². The van der Waals surface area contributed by atoms with Crippen LogP contribution in [-0.4, -0.2) is 4.75 Å². The first-order valence-electron chi connectivity index (χ1n) is 4.16. The number of thioether (sulfide) groups is 1. The van der Waals surface area contributed by atoms with E-state index in [0.717, 1.165) is 0 Å². The Kier molecular flexibility index (Phi) is 1.91. The molecule has 0 radical (unpaired) electrons. The van der Waals surface area contributed by atoms with Gasteiger partial charge in [0, 0.05) is 4.75 Å². The van der Waals surface area contributed by atoms with Gasteiger partial charge >= 0.3 is 0 Å². The van der Waals surface area contributed by atoms with E-state index in [2.05, 4.69) is 41.5 Å². The Hall–Kier alpha value is 0.0900. The lowest BCUT2D eigenvalue weighted by molar-refractivity contribution is 0.512. The van der Waals surface area contributed by atoms with Crippen molar-refractivity contribution in [3.8, 4) is 0 Å². The molecular weight excluding hydrogens is 152 g/mol. The van der Waals surface area contributed by atoms with Crippen molar-refractivity contribution in [3.63, 3.8) is 0 Å². The number of rotatable bonds is 0. The van der Waals surface area contributed by atoms with E-state index in [0.29, 0.717) is 10.2 Å². The molecule has 0 atom stereocenters. The summed E-state index contributed by atoms with van der Waals surface area (Å²) in [5.41, 5.74) is 1.94. The molecule has 0 saturated carbocycles. The molecule has 1 aliphatic rings. The van der Waals surface area contributed by atoms with Gasteiger partial charge in [0.2, 0.25) is 0 Å². The normalized spacial score (nSPS) is 23.5. The van der Waals surface area contributed by atoms with Crippen LogP contribution in [0.5, 0.6) is 0 Å². The van der Waals surface area contributed by atoms with Gasteiger partial charge in [0.1, 0.15) is 0 Å². The van der Waals surface area contributed by atoms with E-state index in [1.807, 2.05) is 11.8 Å². The van der Waals surface area contributed by atoms with Crippen molar-refractivity contribution in [2.75, 3.05) is 0 Å². The Balaban J connectivity index is 2.90. The summed E-state index contributed by atoms with van der Waals surface area (Å²) >= 11 is 2.03. The molecule has 1 rings (SSSR count). The predicted molar refractivity (Wildman–Crippen MR) is 53.8 cm³/mol. The fourth-order valence-electron chi connectivity index (χ4n) is 1.35. The molecule has 0 spiro atoms. The summed E-state index contributed by atoms with van der Waals surface area (Å²) in [7, 11) is 0. The molecule has 0 aromatic carbocycles. The van der Waals surface area contributed by atoms with Crippen molar-refractivity contribution in [2.45, 2.75) is 46.3 Å². The zero-order chi connectivity index (χ0) is 8.86. The first-order valence-corrected chi connectivity index (χ1v) is 4.97. The Morgan fingerprint density at radius 3 is 1.73 bits per heavy atom. The van der Waals surface area contributed by atoms with Crippen molar-refractivity contribution < 1.29 is 0 Å². The highest BCUT2D eigenvalue weighted by molar-refractivity contribution is 8.06. The maximum Gasteiger partial charge on any atom is 0.0364 e. The Morgan fingerprint density at radius 2 is 1.64 bits per heavy atom. The van der Waals surface area contributed by atoms with Crippen molar-refractivity contribution in [1.82, 2.24) is 0 Å². The minimum absolute atomic E-state index is 0.365. The van der Waals surface area contributed by atoms with Crippen LogP contribution in [0.3, 0.4) is 0 Å².